The average Bonchev–Trinajstić information content (AvgIpc) is 3.23. The van der Waals surface area contributed by atoms with Gasteiger partial charge in [0.15, 0.2) is 0 Å². The zero-order valence-electron chi connectivity index (χ0n) is 18.6. The fourth-order valence-electron chi connectivity index (χ4n) is 3.31. The molecule has 176 valence electrons. The molecule has 0 aliphatic carbocycles. The number of carbonyl (C=O) groups is 1. The van der Waals surface area contributed by atoms with Gasteiger partial charge in [-0.15, -0.1) is 0 Å². The van der Waals surface area contributed by atoms with E-state index in [1.165, 1.54) is 16.7 Å². The largest absolute Gasteiger partial charge is 0.265 e. The zero-order valence-corrected chi connectivity index (χ0v) is 21.7. The van der Waals surface area contributed by atoms with E-state index in [0.29, 0.717) is 0 Å². The number of rotatable bonds is 4. The van der Waals surface area contributed by atoms with E-state index in [1.54, 1.807) is 17.3 Å². The maximum absolute atomic E-state index is 12.1. The molecule has 1 aliphatic heterocycles. The minimum Gasteiger partial charge on any atom is -0.265 e. The number of para-hydroxylation sites is 1. The van der Waals surface area contributed by atoms with Crippen LogP contribution in [0, 0.1) is 27.4 Å². The first-order chi connectivity index (χ1) is 15.9. The van der Waals surface area contributed by atoms with Crippen molar-refractivity contribution in [3.05, 3.63) is 109 Å². The molecule has 0 saturated heterocycles. The Morgan fingerprint density at radius 3 is 2.06 bits per heavy atom. The molecule has 1 aliphatic rings. The van der Waals surface area contributed by atoms with Crippen molar-refractivity contribution in [3.63, 3.8) is 0 Å². The topological polar surface area (TPSA) is 48.5 Å². The molecular formula is C25H26Cl2N4OPd. The second kappa shape index (κ2) is 14.7. The van der Waals surface area contributed by atoms with E-state index in [-0.39, 0.29) is 28.4 Å². The first-order valence-corrected chi connectivity index (χ1v) is 14.1. The number of halogens is 2. The number of hydrogen-bond acceptors (Lipinski definition) is 4. The number of nitrogens with one attached hydrogen (secondary N) is 1. The molecule has 4 rings (SSSR count). The van der Waals surface area contributed by atoms with Gasteiger partial charge in [0.2, 0.25) is 12.6 Å². The van der Waals surface area contributed by atoms with Gasteiger partial charge in [-0.25, -0.2) is 0 Å². The van der Waals surface area contributed by atoms with E-state index in [4.69, 9.17) is 19.1 Å². The average molecular weight is 576 g/mol. The van der Waals surface area contributed by atoms with E-state index in [9.17, 15) is 4.79 Å². The van der Waals surface area contributed by atoms with Crippen molar-refractivity contribution >= 4 is 36.3 Å². The van der Waals surface area contributed by atoms with Gasteiger partial charge in [-0.2, -0.15) is 0 Å². The Labute approximate surface area is 212 Å². The Kier molecular flexibility index (Phi) is 12.0. The van der Waals surface area contributed by atoms with Gasteiger partial charge in [0.25, 0.3) is 0 Å². The number of aromatic nitrogens is 1. The van der Waals surface area contributed by atoms with Crippen LogP contribution in [-0.4, -0.2) is 22.3 Å². The number of nitrogens with zero attached hydrogens (tertiary/aromatic N) is 3. The number of carbonyl (C=O) groups excluding carboxylic acids is 1. The summed E-state index contributed by atoms with van der Waals surface area (Å²) in [6, 6.07) is 19.5. The van der Waals surface area contributed by atoms with Gasteiger partial charge in [-0.3, -0.25) is 9.78 Å². The second-order valence-corrected chi connectivity index (χ2v) is 9.49. The molecule has 1 amide bonds. The van der Waals surface area contributed by atoms with Crippen molar-refractivity contribution in [1.82, 2.24) is 9.88 Å². The van der Waals surface area contributed by atoms with Crippen LogP contribution in [0.3, 0.4) is 0 Å². The molecule has 0 atom stereocenters. The van der Waals surface area contributed by atoms with Gasteiger partial charge in [0, 0.05) is 36.2 Å². The Balaban J connectivity index is 0.000000360. The third kappa shape index (κ3) is 9.57. The van der Waals surface area contributed by atoms with Crippen molar-refractivity contribution in [3.8, 4) is 0 Å². The summed E-state index contributed by atoms with van der Waals surface area (Å²) >= 11 is -0.106. The summed E-state index contributed by atoms with van der Waals surface area (Å²) in [6.45, 7) is 9.73. The standard InChI is InChI=1S/C20H21N3O.C5H5N.2ClH.Pd/c1-15-11-16(2)20(17(3)12-15)23-10-9-22(14-23)13-19(24)21-18-7-5-4-6-8-18;1-2-4-6-5-3-1;;;/h4-12H,13H2,1-3H3,(H,21,24);1-5H;2*1H;/q;;;;+2/p-2. The Morgan fingerprint density at radius 2 is 1.55 bits per heavy atom. The first kappa shape index (κ1) is 26.9. The zero-order chi connectivity index (χ0) is 24.1. The summed E-state index contributed by atoms with van der Waals surface area (Å²) in [4.78, 5) is 19.6. The number of aryl methyl sites for hydroxylation is 3. The van der Waals surface area contributed by atoms with E-state index >= 15 is 0 Å². The summed E-state index contributed by atoms with van der Waals surface area (Å²) in [5.74, 6) is -0.0717. The number of anilines is 2. The Morgan fingerprint density at radius 1 is 0.970 bits per heavy atom. The van der Waals surface area contributed by atoms with E-state index in [0.717, 1.165) is 11.4 Å². The molecule has 0 saturated carbocycles. The van der Waals surface area contributed by atoms with Gasteiger partial charge < -0.3 is 15.1 Å². The SMILES string of the molecule is Cc1cc(C)c(N2[C]N(CC(=O)Nc3ccccc3)C=C2)c(C)c1.[Cl][Pd][Cl].c1ccncc1. The molecular weight excluding hydrogens is 550 g/mol. The van der Waals surface area contributed by atoms with Crippen molar-refractivity contribution < 1.29 is 20.7 Å². The van der Waals surface area contributed by atoms with E-state index < -0.39 is 0 Å². The van der Waals surface area contributed by atoms with Gasteiger partial charge in [-0.05, 0) is 56.2 Å². The third-order valence-electron chi connectivity index (χ3n) is 4.45. The smallest absolute Gasteiger partial charge is 0.0267 e. The quantitative estimate of drug-likeness (QED) is 0.371. The van der Waals surface area contributed by atoms with Crippen LogP contribution in [0.25, 0.3) is 0 Å². The maximum Gasteiger partial charge on any atom is 0.0267 e. The second-order valence-electron chi connectivity index (χ2n) is 7.13. The fourth-order valence-corrected chi connectivity index (χ4v) is 3.31. The summed E-state index contributed by atoms with van der Waals surface area (Å²) in [6.07, 6.45) is 7.30. The van der Waals surface area contributed by atoms with Crippen LogP contribution in [0.2, 0.25) is 0 Å². The molecule has 2 heterocycles. The third-order valence-corrected chi connectivity index (χ3v) is 4.45. The molecule has 0 unspecified atom stereocenters. The number of hydrogen-bond donors (Lipinski definition) is 1. The fraction of sp³-hybridized carbons (Fsp3) is 0.160. The number of benzene rings is 2. The molecule has 33 heavy (non-hydrogen) atoms. The maximum atomic E-state index is 12.1. The predicted octanol–water partition coefficient (Wildman–Crippen LogP) is 6.30. The van der Waals surface area contributed by atoms with Crippen molar-refractivity contribution in [1.29, 1.82) is 0 Å². The van der Waals surface area contributed by atoms with Crippen molar-refractivity contribution in [2.45, 2.75) is 20.8 Å². The summed E-state index contributed by atoms with van der Waals surface area (Å²) in [5.41, 5.74) is 5.55. The van der Waals surface area contributed by atoms with Crippen LogP contribution in [0.15, 0.2) is 85.5 Å². The molecule has 8 heteroatoms. The molecule has 3 aromatic rings. The van der Waals surface area contributed by atoms with Crippen molar-refractivity contribution in [2.75, 3.05) is 16.8 Å². The monoisotopic (exact) mass is 574 g/mol. The van der Waals surface area contributed by atoms with E-state index in [2.05, 4.69) is 49.9 Å². The van der Waals surface area contributed by atoms with Crippen LogP contribution in [-0.2, 0) is 20.7 Å². The van der Waals surface area contributed by atoms with Crippen molar-refractivity contribution in [2.24, 2.45) is 0 Å². The number of amides is 1. The van der Waals surface area contributed by atoms with Crippen LogP contribution >= 0.6 is 19.1 Å². The van der Waals surface area contributed by atoms with Gasteiger partial charge in [-0.1, -0.05) is 42.0 Å². The van der Waals surface area contributed by atoms with Gasteiger partial charge >= 0.3 is 35.0 Å². The molecule has 1 N–H and O–H groups in total. The normalized spacial score (nSPS) is 11.9. The summed E-state index contributed by atoms with van der Waals surface area (Å²) < 4.78 is 0. The summed E-state index contributed by atoms with van der Waals surface area (Å²) in [5, 5.41) is 2.88. The molecule has 0 bridgehead atoms. The Hall–Kier alpha value is -2.36. The summed E-state index contributed by atoms with van der Waals surface area (Å²) in [7, 11) is 9.63. The Bertz CT molecular complexity index is 970. The minimum atomic E-state index is -0.106. The van der Waals surface area contributed by atoms with Gasteiger partial charge in [0.05, 0.1) is 6.54 Å². The van der Waals surface area contributed by atoms with Crippen LogP contribution in [0.4, 0.5) is 11.4 Å². The van der Waals surface area contributed by atoms with Gasteiger partial charge in [0.1, 0.15) is 0 Å². The molecule has 2 aromatic carbocycles. The molecule has 0 fully saturated rings. The van der Waals surface area contributed by atoms with E-state index in [1.807, 2.05) is 65.8 Å². The minimum absolute atomic E-state index is 0.0717. The van der Waals surface area contributed by atoms with Crippen LogP contribution < -0.4 is 10.2 Å². The van der Waals surface area contributed by atoms with Crippen LogP contribution in [0.1, 0.15) is 16.7 Å². The molecule has 1 aromatic heterocycles. The predicted molar refractivity (Wildman–Crippen MR) is 133 cm³/mol. The van der Waals surface area contributed by atoms with Crippen LogP contribution in [0.5, 0.6) is 0 Å². The first-order valence-electron chi connectivity index (χ1n) is 10.0. The molecule has 0 spiro atoms. The number of pyridine rings is 1. The molecule has 5 nitrogen and oxygen atoms in total. The molecule has 2 radical (unpaired) electrons.